The van der Waals surface area contributed by atoms with Crippen LogP contribution in [0.1, 0.15) is 37.4 Å². The number of ether oxygens (including phenoxy) is 2. The average Bonchev–Trinajstić information content (AvgIpc) is 3.35. The van der Waals surface area contributed by atoms with Crippen LogP contribution in [0.3, 0.4) is 0 Å². The molecule has 0 aliphatic heterocycles. The highest BCUT2D eigenvalue weighted by atomic mass is 19.1. The highest BCUT2D eigenvalue weighted by Gasteiger charge is 2.30. The molecule has 9 heteroatoms. The highest BCUT2D eigenvalue weighted by molar-refractivity contribution is 6.01. The summed E-state index contributed by atoms with van der Waals surface area (Å²) in [5.74, 6) is -2.60. The lowest BCUT2D eigenvalue weighted by atomic mass is 9.81. The van der Waals surface area contributed by atoms with E-state index in [-0.39, 0.29) is 11.3 Å². The average molecular weight is 432 g/mol. The molecule has 4 rings (SSSR count). The van der Waals surface area contributed by atoms with Crippen LogP contribution in [0.4, 0.5) is 10.1 Å². The molecule has 0 saturated heterocycles. The van der Waals surface area contributed by atoms with Gasteiger partial charge in [0, 0.05) is 24.4 Å². The summed E-state index contributed by atoms with van der Waals surface area (Å²) in [6.07, 6.45) is 3.85. The Balaban J connectivity index is 1.69. The first-order valence-electron chi connectivity index (χ1n) is 12.5. The minimum absolute atomic E-state index is 0.0715. The van der Waals surface area contributed by atoms with Crippen molar-refractivity contribution in [3.63, 3.8) is 0 Å². The fourth-order valence-corrected chi connectivity index (χ4v) is 3.98. The standard InChI is InChI=1S/C22H24FN5O3/c1-5-19(29)25-17-11-24-28(2)22(17)21-14-7-6-12(8-16(14)26-27-21)15-9-13(30-3)10-18(31-4)20(15)23/h5,9-12H,1,6-8H2,2-4H3,(H,25,29)(H,26,27)/i3D3,4D3. The molecular formula is C22H24FN5O3. The smallest absolute Gasteiger partial charge is 0.247 e. The van der Waals surface area contributed by atoms with Crippen molar-refractivity contribution in [2.75, 3.05) is 19.4 Å². The third-order valence-corrected chi connectivity index (χ3v) is 5.46. The third-order valence-electron chi connectivity index (χ3n) is 5.46. The lowest BCUT2D eigenvalue weighted by Gasteiger charge is -2.24. The first-order valence-corrected chi connectivity index (χ1v) is 9.49. The van der Waals surface area contributed by atoms with Gasteiger partial charge in [-0.1, -0.05) is 6.58 Å². The van der Waals surface area contributed by atoms with Crippen molar-refractivity contribution >= 4 is 11.6 Å². The predicted molar refractivity (Wildman–Crippen MR) is 114 cm³/mol. The molecule has 0 saturated carbocycles. The number of benzene rings is 1. The number of carbonyl (C=O) groups is 1. The number of H-pyrrole nitrogens is 1. The summed E-state index contributed by atoms with van der Waals surface area (Å²) in [4.78, 5) is 11.8. The first kappa shape index (κ1) is 14.4. The number of aromatic nitrogens is 4. The van der Waals surface area contributed by atoms with Crippen molar-refractivity contribution in [3.8, 4) is 22.9 Å². The number of carbonyl (C=O) groups excluding carboxylic acids is 1. The second kappa shape index (κ2) is 8.25. The number of fused-ring (bicyclic) bond motifs is 1. The molecule has 2 N–H and O–H groups in total. The zero-order chi connectivity index (χ0) is 27.1. The summed E-state index contributed by atoms with van der Waals surface area (Å²) in [5, 5.41) is 14.3. The minimum atomic E-state index is -2.95. The topological polar surface area (TPSA) is 94.1 Å². The number of methoxy groups -OCH3 is 2. The van der Waals surface area contributed by atoms with E-state index < -0.39 is 37.5 Å². The van der Waals surface area contributed by atoms with Crippen LogP contribution in [0.2, 0.25) is 0 Å². The molecule has 0 bridgehead atoms. The molecule has 1 aliphatic carbocycles. The SMILES string of the molecule is [2H]C([2H])([2H])Oc1cc(OC([2H])([2H])[2H])c(F)c(C2CCc3c(-c4c(NC(=O)C=C)cnn4C)n[nH]c3C2)c1. The predicted octanol–water partition coefficient (Wildman–Crippen LogP) is 3.36. The van der Waals surface area contributed by atoms with Gasteiger partial charge in [-0.3, -0.25) is 14.6 Å². The van der Waals surface area contributed by atoms with Crippen LogP contribution >= 0.6 is 0 Å². The second-order valence-corrected chi connectivity index (χ2v) is 7.22. The molecule has 8 nitrogen and oxygen atoms in total. The van der Waals surface area contributed by atoms with Crippen LogP contribution in [0, 0.1) is 5.82 Å². The number of nitrogens with zero attached hydrogens (tertiary/aromatic N) is 3. The van der Waals surface area contributed by atoms with Crippen LogP contribution in [-0.4, -0.2) is 40.0 Å². The molecule has 3 aromatic rings. The van der Waals surface area contributed by atoms with Gasteiger partial charge in [0.1, 0.15) is 17.1 Å². The van der Waals surface area contributed by atoms with E-state index in [9.17, 15) is 4.79 Å². The van der Waals surface area contributed by atoms with E-state index in [1.54, 1.807) is 11.7 Å². The van der Waals surface area contributed by atoms with Gasteiger partial charge in [-0.15, -0.1) is 0 Å². The fraction of sp³-hybridized carbons (Fsp3) is 0.318. The van der Waals surface area contributed by atoms with Gasteiger partial charge in [0.15, 0.2) is 11.6 Å². The Kier molecular flexibility index (Phi) is 3.83. The van der Waals surface area contributed by atoms with E-state index in [0.717, 1.165) is 17.7 Å². The maximum absolute atomic E-state index is 15.4. The van der Waals surface area contributed by atoms with E-state index in [0.29, 0.717) is 42.0 Å². The minimum Gasteiger partial charge on any atom is -0.497 e. The van der Waals surface area contributed by atoms with Gasteiger partial charge in [-0.2, -0.15) is 10.2 Å². The number of aryl methyl sites for hydroxylation is 1. The van der Waals surface area contributed by atoms with E-state index in [1.165, 1.54) is 12.3 Å². The van der Waals surface area contributed by atoms with Crippen molar-refractivity contribution in [1.82, 2.24) is 20.0 Å². The Morgan fingerprint density at radius 3 is 3.06 bits per heavy atom. The Bertz CT molecular complexity index is 1350. The van der Waals surface area contributed by atoms with Crippen molar-refractivity contribution in [2.45, 2.75) is 25.2 Å². The van der Waals surface area contributed by atoms with E-state index in [1.807, 2.05) is 0 Å². The van der Waals surface area contributed by atoms with Crippen LogP contribution in [-0.2, 0) is 24.7 Å². The lowest BCUT2D eigenvalue weighted by molar-refractivity contribution is -0.111. The maximum atomic E-state index is 15.4. The quantitative estimate of drug-likeness (QED) is 0.584. The molecule has 1 atom stereocenters. The number of hydrogen-bond acceptors (Lipinski definition) is 5. The first-order chi connectivity index (χ1) is 17.3. The van der Waals surface area contributed by atoms with Crippen molar-refractivity contribution in [1.29, 1.82) is 0 Å². The Morgan fingerprint density at radius 2 is 2.29 bits per heavy atom. The molecule has 1 aromatic carbocycles. The van der Waals surface area contributed by atoms with Crippen LogP contribution in [0.25, 0.3) is 11.4 Å². The molecule has 0 fully saturated rings. The summed E-state index contributed by atoms with van der Waals surface area (Å²) >= 11 is 0. The van der Waals surface area contributed by atoms with Gasteiger partial charge in [0.25, 0.3) is 0 Å². The van der Waals surface area contributed by atoms with E-state index in [4.69, 9.17) is 17.7 Å². The number of rotatable bonds is 6. The number of anilines is 1. The molecular weight excluding hydrogens is 401 g/mol. The molecule has 0 radical (unpaired) electrons. The summed E-state index contributed by atoms with van der Waals surface area (Å²) < 4.78 is 70.8. The van der Waals surface area contributed by atoms with Gasteiger partial charge < -0.3 is 14.8 Å². The maximum Gasteiger partial charge on any atom is 0.247 e. The highest BCUT2D eigenvalue weighted by Crippen LogP contribution is 2.41. The zero-order valence-electron chi connectivity index (χ0n) is 22.7. The third kappa shape index (κ3) is 3.67. The number of halogens is 1. The number of hydrogen-bond donors (Lipinski definition) is 2. The lowest BCUT2D eigenvalue weighted by Crippen LogP contribution is -2.15. The number of nitrogens with one attached hydrogen (secondary N) is 2. The summed E-state index contributed by atoms with van der Waals surface area (Å²) in [6.45, 7) is 3.45. The number of aromatic amines is 1. The molecule has 1 unspecified atom stereocenters. The summed E-state index contributed by atoms with van der Waals surface area (Å²) in [7, 11) is -4.06. The van der Waals surface area contributed by atoms with Gasteiger partial charge in [0.05, 0.1) is 34.2 Å². The molecule has 162 valence electrons. The molecule has 2 heterocycles. The monoisotopic (exact) mass is 431 g/mol. The summed E-state index contributed by atoms with van der Waals surface area (Å²) in [5.41, 5.74) is 3.27. The normalized spacial score (nSPS) is 19.0. The molecule has 0 spiro atoms. The van der Waals surface area contributed by atoms with E-state index in [2.05, 4.69) is 27.2 Å². The van der Waals surface area contributed by atoms with Gasteiger partial charge in [0.2, 0.25) is 5.91 Å². The second-order valence-electron chi connectivity index (χ2n) is 7.22. The Morgan fingerprint density at radius 1 is 1.45 bits per heavy atom. The summed E-state index contributed by atoms with van der Waals surface area (Å²) in [6, 6.07) is 2.17. The molecule has 31 heavy (non-hydrogen) atoms. The fourth-order valence-electron chi connectivity index (χ4n) is 3.98. The van der Waals surface area contributed by atoms with Gasteiger partial charge >= 0.3 is 0 Å². The number of amides is 1. The van der Waals surface area contributed by atoms with Crippen LogP contribution in [0.15, 0.2) is 31.0 Å². The molecule has 2 aromatic heterocycles. The Hall–Kier alpha value is -3.62. The zero-order valence-corrected chi connectivity index (χ0v) is 16.7. The van der Waals surface area contributed by atoms with Crippen molar-refractivity contribution in [3.05, 3.63) is 53.6 Å². The largest absolute Gasteiger partial charge is 0.497 e. The van der Waals surface area contributed by atoms with Crippen LogP contribution < -0.4 is 14.8 Å². The Labute approximate surface area is 187 Å². The van der Waals surface area contributed by atoms with Crippen LogP contribution in [0.5, 0.6) is 11.5 Å². The van der Waals surface area contributed by atoms with Crippen molar-refractivity contribution in [2.24, 2.45) is 7.05 Å². The molecule has 1 aliphatic rings. The van der Waals surface area contributed by atoms with Crippen molar-refractivity contribution < 1.29 is 26.9 Å². The van der Waals surface area contributed by atoms with Gasteiger partial charge in [-0.05, 0) is 42.9 Å². The van der Waals surface area contributed by atoms with E-state index >= 15 is 4.39 Å². The van der Waals surface area contributed by atoms with Gasteiger partial charge in [-0.25, -0.2) is 4.39 Å². The molecule has 1 amide bonds.